The fraction of sp³-hybridized carbons (Fsp3) is 0.143. The molecule has 0 fully saturated rings. The van der Waals surface area contributed by atoms with E-state index in [1.165, 1.54) is 6.33 Å². The van der Waals surface area contributed by atoms with E-state index < -0.39 is 0 Å². The Balaban J connectivity index is 2.06. The summed E-state index contributed by atoms with van der Waals surface area (Å²) < 4.78 is 7.16. The van der Waals surface area contributed by atoms with Crippen LogP contribution >= 0.6 is 0 Å². The average molecular weight is 283 g/mol. The molecule has 0 spiro atoms. The van der Waals surface area contributed by atoms with Crippen LogP contribution in [-0.4, -0.2) is 32.9 Å². The van der Waals surface area contributed by atoms with E-state index in [1.807, 2.05) is 4.57 Å². The van der Waals surface area contributed by atoms with Crippen LogP contribution in [-0.2, 0) is 6.54 Å². The first kappa shape index (κ1) is 13.0. The van der Waals surface area contributed by atoms with Crippen LogP contribution in [0.25, 0.3) is 11.2 Å². The molecule has 0 aliphatic rings. The summed E-state index contributed by atoms with van der Waals surface area (Å²) in [5.74, 6) is 1.04. The summed E-state index contributed by atoms with van der Waals surface area (Å²) in [4.78, 5) is 23.2. The maximum absolute atomic E-state index is 10.9. The number of imidazole rings is 1. The van der Waals surface area contributed by atoms with Crippen LogP contribution in [0.3, 0.4) is 0 Å². The summed E-state index contributed by atoms with van der Waals surface area (Å²) in [6.07, 6.45) is 3.84. The van der Waals surface area contributed by atoms with Gasteiger partial charge < -0.3 is 15.0 Å². The van der Waals surface area contributed by atoms with Gasteiger partial charge in [0.1, 0.15) is 23.9 Å². The first-order valence-corrected chi connectivity index (χ1v) is 6.26. The fourth-order valence-corrected chi connectivity index (χ4v) is 2.19. The van der Waals surface area contributed by atoms with Crippen LogP contribution in [0.2, 0.25) is 0 Å². The highest BCUT2D eigenvalue weighted by Gasteiger charge is 2.11. The third-order valence-corrected chi connectivity index (χ3v) is 3.21. The quantitative estimate of drug-likeness (QED) is 0.724. The van der Waals surface area contributed by atoms with Crippen LogP contribution in [0.4, 0.5) is 5.82 Å². The number of nitrogens with two attached hydrogens (primary N) is 1. The Kier molecular flexibility index (Phi) is 3.23. The number of fused-ring (bicyclic) bond motifs is 1. The van der Waals surface area contributed by atoms with E-state index in [0.29, 0.717) is 34.8 Å². The second kappa shape index (κ2) is 5.20. The maximum atomic E-state index is 10.9. The predicted molar refractivity (Wildman–Crippen MR) is 77.2 cm³/mol. The zero-order valence-corrected chi connectivity index (χ0v) is 11.4. The van der Waals surface area contributed by atoms with Crippen molar-refractivity contribution in [1.82, 2.24) is 19.5 Å². The molecule has 0 aliphatic carbocycles. The monoisotopic (exact) mass is 283 g/mol. The van der Waals surface area contributed by atoms with Crippen molar-refractivity contribution in [2.45, 2.75) is 6.54 Å². The fourth-order valence-electron chi connectivity index (χ4n) is 2.19. The number of ether oxygens (including phenoxy) is 1. The van der Waals surface area contributed by atoms with Crippen LogP contribution in [0.15, 0.2) is 30.9 Å². The van der Waals surface area contributed by atoms with Crippen molar-refractivity contribution in [3.8, 4) is 5.75 Å². The lowest BCUT2D eigenvalue weighted by atomic mass is 10.1. The molecule has 2 heterocycles. The van der Waals surface area contributed by atoms with Crippen molar-refractivity contribution in [3.05, 3.63) is 42.0 Å². The second-order valence-corrected chi connectivity index (χ2v) is 4.49. The Morgan fingerprint density at radius 3 is 2.95 bits per heavy atom. The number of carbonyl (C=O) groups is 1. The molecule has 0 saturated heterocycles. The van der Waals surface area contributed by atoms with Gasteiger partial charge in [0.2, 0.25) is 0 Å². The minimum Gasteiger partial charge on any atom is -0.496 e. The Bertz CT molecular complexity index is 812. The van der Waals surface area contributed by atoms with Gasteiger partial charge in [0.25, 0.3) is 0 Å². The smallest absolute Gasteiger partial charge is 0.165 e. The highest BCUT2D eigenvalue weighted by molar-refractivity contribution is 5.81. The van der Waals surface area contributed by atoms with Crippen LogP contribution in [0.5, 0.6) is 5.75 Å². The van der Waals surface area contributed by atoms with Gasteiger partial charge in [-0.1, -0.05) is 0 Å². The third-order valence-electron chi connectivity index (χ3n) is 3.21. The van der Waals surface area contributed by atoms with E-state index >= 15 is 0 Å². The lowest BCUT2D eigenvalue weighted by Crippen LogP contribution is -2.03. The number of nitrogens with zero attached hydrogens (tertiary/aromatic N) is 4. The lowest BCUT2D eigenvalue weighted by molar-refractivity contribution is 0.112. The highest BCUT2D eigenvalue weighted by Crippen LogP contribution is 2.22. The van der Waals surface area contributed by atoms with Gasteiger partial charge in [-0.05, 0) is 18.2 Å². The summed E-state index contributed by atoms with van der Waals surface area (Å²) >= 11 is 0. The number of hydrogen-bond acceptors (Lipinski definition) is 6. The normalized spacial score (nSPS) is 10.7. The zero-order chi connectivity index (χ0) is 14.8. The molecule has 0 amide bonds. The Hall–Kier alpha value is -2.96. The summed E-state index contributed by atoms with van der Waals surface area (Å²) in [6.45, 7) is 0.470. The molecular formula is C14H13N5O2. The van der Waals surface area contributed by atoms with Crippen molar-refractivity contribution < 1.29 is 9.53 Å². The highest BCUT2D eigenvalue weighted by atomic mass is 16.5. The summed E-state index contributed by atoms with van der Waals surface area (Å²) in [5.41, 5.74) is 8.41. The van der Waals surface area contributed by atoms with Crippen LogP contribution < -0.4 is 10.5 Å². The molecule has 3 rings (SSSR count). The maximum Gasteiger partial charge on any atom is 0.165 e. The molecular weight excluding hydrogens is 270 g/mol. The minimum absolute atomic E-state index is 0.340. The number of anilines is 1. The van der Waals surface area contributed by atoms with E-state index in [0.717, 1.165) is 11.8 Å². The Labute approximate surface area is 120 Å². The Morgan fingerprint density at radius 1 is 1.33 bits per heavy atom. The van der Waals surface area contributed by atoms with E-state index in [2.05, 4.69) is 15.0 Å². The van der Waals surface area contributed by atoms with E-state index in [4.69, 9.17) is 10.5 Å². The molecule has 2 aromatic heterocycles. The zero-order valence-electron chi connectivity index (χ0n) is 11.4. The number of rotatable bonds is 4. The molecule has 0 saturated carbocycles. The van der Waals surface area contributed by atoms with Gasteiger partial charge in [-0.3, -0.25) is 4.79 Å². The molecule has 106 valence electrons. The number of aromatic nitrogens is 4. The van der Waals surface area contributed by atoms with Gasteiger partial charge in [-0.25, -0.2) is 15.0 Å². The predicted octanol–water partition coefficient (Wildman–Crippen LogP) is 1.28. The largest absolute Gasteiger partial charge is 0.496 e. The Morgan fingerprint density at radius 2 is 2.19 bits per heavy atom. The molecule has 7 nitrogen and oxygen atoms in total. The molecule has 7 heteroatoms. The first-order chi connectivity index (χ1) is 10.2. The number of aldehydes is 1. The third kappa shape index (κ3) is 2.29. The van der Waals surface area contributed by atoms with Gasteiger partial charge in [0.15, 0.2) is 11.5 Å². The van der Waals surface area contributed by atoms with Crippen LogP contribution in [0, 0.1) is 0 Å². The first-order valence-electron chi connectivity index (χ1n) is 6.26. The van der Waals surface area contributed by atoms with Gasteiger partial charge in [-0.15, -0.1) is 0 Å². The van der Waals surface area contributed by atoms with E-state index in [1.54, 1.807) is 31.6 Å². The van der Waals surface area contributed by atoms with Crippen molar-refractivity contribution in [3.63, 3.8) is 0 Å². The second-order valence-electron chi connectivity index (χ2n) is 4.49. The van der Waals surface area contributed by atoms with Crippen molar-refractivity contribution >= 4 is 23.3 Å². The molecule has 1 aromatic carbocycles. The van der Waals surface area contributed by atoms with Gasteiger partial charge in [-0.2, -0.15) is 0 Å². The number of nitrogen functional groups attached to an aromatic ring is 1. The molecule has 0 unspecified atom stereocenters. The van der Waals surface area contributed by atoms with E-state index in [9.17, 15) is 4.79 Å². The summed E-state index contributed by atoms with van der Waals surface area (Å²) in [6, 6.07) is 5.26. The summed E-state index contributed by atoms with van der Waals surface area (Å²) in [7, 11) is 1.59. The standard InChI is InChI=1S/C14H13N5O2/c1-21-11-3-2-9(6-20)4-10(11)5-19-8-18-12-13(15)16-7-17-14(12)19/h2-4,6-8H,5H2,1H3,(H2,15,16,17). The van der Waals surface area contributed by atoms with E-state index in [-0.39, 0.29) is 0 Å². The number of hydrogen-bond donors (Lipinski definition) is 1. The lowest BCUT2D eigenvalue weighted by Gasteiger charge is -2.10. The van der Waals surface area contributed by atoms with Crippen molar-refractivity contribution in [2.75, 3.05) is 12.8 Å². The minimum atomic E-state index is 0.340. The molecule has 3 aromatic rings. The molecule has 2 N–H and O–H groups in total. The van der Waals surface area contributed by atoms with Crippen LogP contribution in [0.1, 0.15) is 15.9 Å². The molecule has 21 heavy (non-hydrogen) atoms. The van der Waals surface area contributed by atoms with Crippen molar-refractivity contribution in [2.24, 2.45) is 0 Å². The van der Waals surface area contributed by atoms with Gasteiger partial charge >= 0.3 is 0 Å². The topological polar surface area (TPSA) is 95.9 Å². The van der Waals surface area contributed by atoms with Gasteiger partial charge in [0, 0.05) is 11.1 Å². The number of benzene rings is 1. The number of methoxy groups -OCH3 is 1. The molecule has 0 atom stereocenters. The molecule has 0 radical (unpaired) electrons. The number of carbonyl (C=O) groups excluding carboxylic acids is 1. The van der Waals surface area contributed by atoms with Crippen molar-refractivity contribution in [1.29, 1.82) is 0 Å². The average Bonchev–Trinajstić information content (AvgIpc) is 2.92. The SMILES string of the molecule is COc1ccc(C=O)cc1Cn1cnc2c(N)ncnc21. The summed E-state index contributed by atoms with van der Waals surface area (Å²) in [5, 5.41) is 0. The van der Waals surface area contributed by atoms with Gasteiger partial charge in [0.05, 0.1) is 20.0 Å². The molecule has 0 aliphatic heterocycles. The molecule has 0 bridgehead atoms.